The van der Waals surface area contributed by atoms with Crippen LogP contribution in [0.25, 0.3) is 11.2 Å². The maximum absolute atomic E-state index is 13.1. The van der Waals surface area contributed by atoms with Gasteiger partial charge in [-0.3, -0.25) is 13.6 Å². The number of aromatic nitrogens is 4. The van der Waals surface area contributed by atoms with E-state index in [1.165, 1.54) is 6.33 Å². The summed E-state index contributed by atoms with van der Waals surface area (Å²) in [6.07, 6.45) is 2.74. The zero-order valence-corrected chi connectivity index (χ0v) is 20.8. The van der Waals surface area contributed by atoms with Gasteiger partial charge >= 0.3 is 7.60 Å². The number of hydrogen-bond acceptors (Lipinski definition) is 10. The first-order chi connectivity index (χ1) is 14.9. The summed E-state index contributed by atoms with van der Waals surface area (Å²) < 4.78 is 42.3. The van der Waals surface area contributed by atoms with Crippen molar-refractivity contribution in [3.8, 4) is 0 Å². The Kier molecular flexibility index (Phi) is 9.56. The van der Waals surface area contributed by atoms with Crippen molar-refractivity contribution in [1.82, 2.24) is 19.5 Å². The number of hydrogen-bond donors (Lipinski definition) is 1. The molecule has 0 aliphatic rings. The van der Waals surface area contributed by atoms with E-state index in [0.717, 1.165) is 0 Å². The van der Waals surface area contributed by atoms with Crippen LogP contribution in [0, 0.1) is 10.8 Å². The third kappa shape index (κ3) is 9.48. The second-order valence-corrected chi connectivity index (χ2v) is 11.8. The lowest BCUT2D eigenvalue weighted by Gasteiger charge is -2.22. The van der Waals surface area contributed by atoms with Gasteiger partial charge in [-0.1, -0.05) is 41.5 Å². The largest absolute Gasteiger partial charge is 0.382 e. The Hall–Kier alpha value is -1.62. The molecule has 0 aliphatic heterocycles. The summed E-state index contributed by atoms with van der Waals surface area (Å²) in [5, 5.41) is 0. The molecule has 12 heteroatoms. The third-order valence-electron chi connectivity index (χ3n) is 3.89. The molecule has 0 fully saturated rings. The Morgan fingerprint density at radius 3 is 2.09 bits per heavy atom. The number of nitrogen functional groups attached to an aromatic ring is 1. The van der Waals surface area contributed by atoms with E-state index >= 15 is 0 Å². The Bertz CT molecular complexity index is 867. The number of imidazole rings is 1. The van der Waals surface area contributed by atoms with Gasteiger partial charge in [0.2, 0.25) is 0 Å². The number of ether oxygens (including phenoxy) is 3. The molecule has 0 saturated heterocycles. The van der Waals surface area contributed by atoms with Gasteiger partial charge in [-0.05, 0) is 10.8 Å². The fraction of sp³-hybridized carbons (Fsp3) is 0.750. The first kappa shape index (κ1) is 26.6. The molecule has 2 N–H and O–H groups in total. The van der Waals surface area contributed by atoms with E-state index in [1.54, 1.807) is 10.9 Å². The number of anilines is 1. The highest BCUT2D eigenvalue weighted by Gasteiger charge is 2.26. The highest BCUT2D eigenvalue weighted by atomic mass is 31.2. The van der Waals surface area contributed by atoms with Gasteiger partial charge in [0.05, 0.1) is 26.1 Å². The van der Waals surface area contributed by atoms with Gasteiger partial charge in [0.1, 0.15) is 18.2 Å². The van der Waals surface area contributed by atoms with Gasteiger partial charge in [-0.25, -0.2) is 15.0 Å². The van der Waals surface area contributed by atoms with Crippen molar-refractivity contribution in [2.24, 2.45) is 10.8 Å². The Morgan fingerprint density at radius 1 is 0.938 bits per heavy atom. The molecular formula is C20H36N5O6P. The zero-order valence-electron chi connectivity index (χ0n) is 19.9. The number of nitrogens with two attached hydrogens (primary N) is 1. The minimum Gasteiger partial charge on any atom is -0.382 e. The number of rotatable bonds is 13. The lowest BCUT2D eigenvalue weighted by molar-refractivity contribution is -0.0548. The first-order valence-electron chi connectivity index (χ1n) is 10.4. The highest BCUT2D eigenvalue weighted by molar-refractivity contribution is 7.53. The molecule has 32 heavy (non-hydrogen) atoms. The fourth-order valence-corrected chi connectivity index (χ4v) is 3.49. The third-order valence-corrected chi connectivity index (χ3v) is 5.39. The van der Waals surface area contributed by atoms with Gasteiger partial charge in [0.15, 0.2) is 25.1 Å². The second-order valence-electron chi connectivity index (χ2n) is 9.83. The van der Waals surface area contributed by atoms with E-state index < -0.39 is 7.60 Å². The monoisotopic (exact) mass is 473 g/mol. The molecule has 2 rings (SSSR count). The molecule has 11 nitrogen and oxygen atoms in total. The number of nitrogens with zero attached hydrogens (tertiary/aromatic N) is 4. The van der Waals surface area contributed by atoms with Gasteiger partial charge in [-0.2, -0.15) is 0 Å². The standard InChI is InChI=1S/C20H36N5O6P/c1-19(2,3)9-28-13-30-32(26,31-14-29-10-20(4,5)6)15-27-8-7-25-12-24-16-17(21)22-11-23-18(16)25/h11-12H,7-10,13-15H2,1-6H3,(H2,21,22,23). The predicted molar refractivity (Wildman–Crippen MR) is 121 cm³/mol. The van der Waals surface area contributed by atoms with Crippen molar-refractivity contribution < 1.29 is 27.8 Å². The fourth-order valence-electron chi connectivity index (χ4n) is 2.44. The summed E-state index contributed by atoms with van der Waals surface area (Å²) in [4.78, 5) is 12.3. The molecule has 0 atom stereocenters. The van der Waals surface area contributed by atoms with Crippen LogP contribution in [0.3, 0.4) is 0 Å². The summed E-state index contributed by atoms with van der Waals surface area (Å²) in [7, 11) is -3.59. The van der Waals surface area contributed by atoms with Crippen LogP contribution in [0.2, 0.25) is 0 Å². The quantitative estimate of drug-likeness (QED) is 0.261. The topological polar surface area (TPSA) is 133 Å². The molecule has 0 aromatic carbocycles. The molecule has 2 aromatic rings. The van der Waals surface area contributed by atoms with Crippen LogP contribution in [-0.4, -0.2) is 59.3 Å². The van der Waals surface area contributed by atoms with Gasteiger partial charge in [-0.15, -0.1) is 0 Å². The van der Waals surface area contributed by atoms with Crippen LogP contribution in [-0.2, 0) is 34.4 Å². The van der Waals surface area contributed by atoms with E-state index in [2.05, 4.69) is 15.0 Å². The molecular weight excluding hydrogens is 437 g/mol. The molecule has 2 aromatic heterocycles. The SMILES string of the molecule is CC(C)(C)COCOP(=O)(COCCn1cnc2c(N)ncnc21)OCOCC(C)(C)C. The average molecular weight is 474 g/mol. The molecule has 182 valence electrons. The number of fused-ring (bicyclic) bond motifs is 1. The minimum absolute atomic E-state index is 0.0406. The molecule has 0 amide bonds. The van der Waals surface area contributed by atoms with Crippen LogP contribution < -0.4 is 5.73 Å². The Morgan fingerprint density at radius 2 is 1.53 bits per heavy atom. The molecule has 0 saturated carbocycles. The van der Waals surface area contributed by atoms with E-state index in [0.29, 0.717) is 36.7 Å². The Labute approximate surface area is 189 Å². The molecule has 2 heterocycles. The lowest BCUT2D eigenvalue weighted by Crippen LogP contribution is -2.18. The lowest BCUT2D eigenvalue weighted by atomic mass is 9.99. The van der Waals surface area contributed by atoms with Crippen molar-refractivity contribution in [2.45, 2.75) is 48.1 Å². The average Bonchev–Trinajstić information content (AvgIpc) is 3.09. The maximum Gasteiger partial charge on any atom is 0.360 e. The normalized spacial score (nSPS) is 13.2. The zero-order chi connectivity index (χ0) is 23.8. The molecule has 0 aliphatic carbocycles. The summed E-state index contributed by atoms with van der Waals surface area (Å²) in [5.41, 5.74) is 6.84. The summed E-state index contributed by atoms with van der Waals surface area (Å²) in [6, 6.07) is 0. The summed E-state index contributed by atoms with van der Waals surface area (Å²) >= 11 is 0. The summed E-state index contributed by atoms with van der Waals surface area (Å²) in [6.45, 7) is 13.4. The van der Waals surface area contributed by atoms with E-state index in [9.17, 15) is 4.57 Å². The van der Waals surface area contributed by atoms with Crippen molar-refractivity contribution in [3.05, 3.63) is 12.7 Å². The van der Waals surface area contributed by atoms with Crippen molar-refractivity contribution in [2.75, 3.05) is 45.5 Å². The summed E-state index contributed by atoms with van der Waals surface area (Å²) in [5.74, 6) is 0.312. The van der Waals surface area contributed by atoms with Gasteiger partial charge in [0.25, 0.3) is 0 Å². The van der Waals surface area contributed by atoms with E-state index in [4.69, 9.17) is 29.0 Å². The maximum atomic E-state index is 13.1. The molecule has 0 radical (unpaired) electrons. The minimum atomic E-state index is -3.59. The molecule has 0 unspecified atom stereocenters. The first-order valence-corrected chi connectivity index (χ1v) is 12.1. The van der Waals surface area contributed by atoms with Gasteiger partial charge < -0.3 is 24.5 Å². The molecule has 0 bridgehead atoms. The van der Waals surface area contributed by atoms with Crippen LogP contribution in [0.4, 0.5) is 5.82 Å². The van der Waals surface area contributed by atoms with Crippen LogP contribution in [0.5, 0.6) is 0 Å². The smallest absolute Gasteiger partial charge is 0.360 e. The van der Waals surface area contributed by atoms with Crippen molar-refractivity contribution >= 4 is 24.6 Å². The van der Waals surface area contributed by atoms with Crippen LogP contribution in [0.1, 0.15) is 41.5 Å². The van der Waals surface area contributed by atoms with E-state index in [1.807, 2.05) is 41.5 Å². The predicted octanol–water partition coefficient (Wildman–Crippen LogP) is 3.65. The van der Waals surface area contributed by atoms with Crippen LogP contribution >= 0.6 is 7.60 Å². The Balaban J connectivity index is 1.86. The van der Waals surface area contributed by atoms with Crippen molar-refractivity contribution in [3.63, 3.8) is 0 Å². The van der Waals surface area contributed by atoms with Gasteiger partial charge in [0, 0.05) is 6.54 Å². The van der Waals surface area contributed by atoms with E-state index in [-0.39, 0.29) is 37.4 Å². The molecule has 0 spiro atoms. The highest BCUT2D eigenvalue weighted by Crippen LogP contribution is 2.48. The van der Waals surface area contributed by atoms with Crippen molar-refractivity contribution in [1.29, 1.82) is 0 Å². The second kappa shape index (κ2) is 11.5. The van der Waals surface area contributed by atoms with Crippen LogP contribution in [0.15, 0.2) is 12.7 Å².